The molecule has 0 aliphatic carbocycles. The van der Waals surface area contributed by atoms with Crippen molar-refractivity contribution in [2.24, 2.45) is 10.9 Å². The number of fused-ring (bicyclic) bond motifs is 1. The molecule has 0 atom stereocenters. The number of benzene rings is 2. The number of amidine groups is 1. The van der Waals surface area contributed by atoms with E-state index < -0.39 is 0 Å². The van der Waals surface area contributed by atoms with E-state index in [1.807, 2.05) is 49.4 Å². The van der Waals surface area contributed by atoms with Crippen LogP contribution >= 0.6 is 11.8 Å². The zero-order valence-electron chi connectivity index (χ0n) is 11.3. The molecule has 0 saturated heterocycles. The minimum atomic E-state index is 0.103. The fourth-order valence-electron chi connectivity index (χ4n) is 2.04. The lowest BCUT2D eigenvalue weighted by Gasteiger charge is -2.05. The minimum absolute atomic E-state index is 0.103. The lowest BCUT2D eigenvalue weighted by atomic mass is 10.1. The molecule has 0 aliphatic rings. The third kappa shape index (κ3) is 2.71. The highest BCUT2D eigenvalue weighted by molar-refractivity contribution is 7.99. The average Bonchev–Trinajstić information content (AvgIpc) is 2.88. The number of oxime groups is 1. The summed E-state index contributed by atoms with van der Waals surface area (Å²) in [7, 11) is 0. The van der Waals surface area contributed by atoms with Crippen molar-refractivity contribution in [3.8, 4) is 0 Å². The Balaban J connectivity index is 1.89. The molecule has 21 heavy (non-hydrogen) atoms. The van der Waals surface area contributed by atoms with Gasteiger partial charge in [-0.05, 0) is 54.6 Å². The standard InChI is InChI=1S/C15H13N3O2S/c1-9-8-10(6-7-11(9)14(16)18-19)21-15-17-12-4-2-3-5-13(12)20-15/h2-8,19H,1H3,(H2,16,18). The van der Waals surface area contributed by atoms with Crippen LogP contribution in [-0.4, -0.2) is 16.0 Å². The summed E-state index contributed by atoms with van der Waals surface area (Å²) in [5.41, 5.74) is 8.85. The van der Waals surface area contributed by atoms with Crippen LogP contribution in [0.4, 0.5) is 0 Å². The van der Waals surface area contributed by atoms with Gasteiger partial charge in [-0.2, -0.15) is 0 Å². The zero-order chi connectivity index (χ0) is 14.8. The number of oxazole rings is 1. The van der Waals surface area contributed by atoms with Crippen LogP contribution < -0.4 is 5.73 Å². The van der Waals surface area contributed by atoms with E-state index in [1.54, 1.807) is 0 Å². The predicted molar refractivity (Wildman–Crippen MR) is 81.8 cm³/mol. The molecule has 0 aliphatic heterocycles. The number of aromatic nitrogens is 1. The normalized spacial score (nSPS) is 12.0. The minimum Gasteiger partial charge on any atom is -0.431 e. The Morgan fingerprint density at radius 3 is 2.81 bits per heavy atom. The van der Waals surface area contributed by atoms with Crippen LogP contribution in [0.3, 0.4) is 0 Å². The van der Waals surface area contributed by atoms with E-state index in [-0.39, 0.29) is 5.84 Å². The Labute approximate surface area is 125 Å². The topological polar surface area (TPSA) is 84.6 Å². The first-order valence-electron chi connectivity index (χ1n) is 6.29. The fraction of sp³-hybridized carbons (Fsp3) is 0.0667. The summed E-state index contributed by atoms with van der Waals surface area (Å²) in [4.78, 5) is 5.40. The summed E-state index contributed by atoms with van der Waals surface area (Å²) < 4.78 is 5.67. The number of nitrogens with zero attached hydrogens (tertiary/aromatic N) is 2. The van der Waals surface area contributed by atoms with E-state index >= 15 is 0 Å². The van der Waals surface area contributed by atoms with Crippen molar-refractivity contribution in [1.29, 1.82) is 0 Å². The molecule has 3 N–H and O–H groups in total. The lowest BCUT2D eigenvalue weighted by molar-refractivity contribution is 0.318. The first-order valence-corrected chi connectivity index (χ1v) is 7.11. The number of para-hydroxylation sites is 2. The third-order valence-electron chi connectivity index (χ3n) is 3.06. The van der Waals surface area contributed by atoms with E-state index in [9.17, 15) is 0 Å². The third-order valence-corrected chi connectivity index (χ3v) is 3.90. The van der Waals surface area contributed by atoms with Crippen LogP contribution in [-0.2, 0) is 0 Å². The number of hydrogen-bond acceptors (Lipinski definition) is 5. The van der Waals surface area contributed by atoms with Crippen molar-refractivity contribution in [2.75, 3.05) is 0 Å². The molecule has 2 aromatic carbocycles. The molecule has 3 rings (SSSR count). The summed E-state index contributed by atoms with van der Waals surface area (Å²) in [5.74, 6) is 0.103. The lowest BCUT2D eigenvalue weighted by Crippen LogP contribution is -2.14. The molecule has 106 valence electrons. The summed E-state index contributed by atoms with van der Waals surface area (Å²) >= 11 is 1.43. The van der Waals surface area contributed by atoms with Crippen LogP contribution in [0.25, 0.3) is 11.1 Å². The van der Waals surface area contributed by atoms with Gasteiger partial charge in [-0.25, -0.2) is 4.98 Å². The highest BCUT2D eigenvalue weighted by Crippen LogP contribution is 2.30. The molecule has 0 spiro atoms. The summed E-state index contributed by atoms with van der Waals surface area (Å²) in [5, 5.41) is 12.3. The second kappa shape index (κ2) is 5.49. The molecule has 0 unspecified atom stereocenters. The van der Waals surface area contributed by atoms with Crippen LogP contribution in [0.15, 0.2) is 62.2 Å². The van der Waals surface area contributed by atoms with Gasteiger partial charge in [-0.15, -0.1) is 0 Å². The highest BCUT2D eigenvalue weighted by Gasteiger charge is 2.09. The summed E-state index contributed by atoms with van der Waals surface area (Å²) in [6, 6.07) is 13.3. The molecule has 3 aromatic rings. The van der Waals surface area contributed by atoms with E-state index in [2.05, 4.69) is 10.1 Å². The molecule has 6 heteroatoms. The van der Waals surface area contributed by atoms with Gasteiger partial charge in [0.05, 0.1) is 0 Å². The van der Waals surface area contributed by atoms with Gasteiger partial charge >= 0.3 is 0 Å². The van der Waals surface area contributed by atoms with Crippen LogP contribution in [0.5, 0.6) is 0 Å². The van der Waals surface area contributed by atoms with Crippen molar-refractivity contribution < 1.29 is 9.62 Å². The van der Waals surface area contributed by atoms with Crippen molar-refractivity contribution in [1.82, 2.24) is 4.98 Å². The first-order chi connectivity index (χ1) is 10.2. The van der Waals surface area contributed by atoms with Gasteiger partial charge in [0.2, 0.25) is 0 Å². The summed E-state index contributed by atoms with van der Waals surface area (Å²) in [6.07, 6.45) is 0. The van der Waals surface area contributed by atoms with Crippen molar-refractivity contribution >= 4 is 28.7 Å². The van der Waals surface area contributed by atoms with Gasteiger partial charge in [-0.1, -0.05) is 17.3 Å². The van der Waals surface area contributed by atoms with Gasteiger partial charge in [-0.3, -0.25) is 0 Å². The van der Waals surface area contributed by atoms with Gasteiger partial charge in [0.1, 0.15) is 5.52 Å². The van der Waals surface area contributed by atoms with E-state index in [0.717, 1.165) is 21.6 Å². The molecule has 1 aromatic heterocycles. The second-order valence-corrected chi connectivity index (χ2v) is 5.54. The van der Waals surface area contributed by atoms with Crippen LogP contribution in [0.2, 0.25) is 0 Å². The molecule has 5 nitrogen and oxygen atoms in total. The number of hydrogen-bond donors (Lipinski definition) is 2. The second-order valence-electron chi connectivity index (χ2n) is 4.51. The molecule has 1 heterocycles. The molecule has 0 fully saturated rings. The van der Waals surface area contributed by atoms with Gasteiger partial charge in [0.15, 0.2) is 11.4 Å². The molecule has 0 saturated carbocycles. The Hall–Kier alpha value is -2.47. The number of rotatable bonds is 3. The Morgan fingerprint density at radius 2 is 2.10 bits per heavy atom. The number of nitrogens with two attached hydrogens (primary N) is 1. The molecular formula is C15H13N3O2S. The van der Waals surface area contributed by atoms with Crippen molar-refractivity contribution in [3.05, 3.63) is 53.6 Å². The highest BCUT2D eigenvalue weighted by atomic mass is 32.2. The summed E-state index contributed by atoms with van der Waals surface area (Å²) in [6.45, 7) is 1.91. The van der Waals surface area contributed by atoms with E-state index in [1.165, 1.54) is 11.8 Å². The maximum absolute atomic E-state index is 8.73. The Bertz CT molecular complexity index is 794. The van der Waals surface area contributed by atoms with E-state index in [0.29, 0.717) is 10.8 Å². The van der Waals surface area contributed by atoms with Crippen LogP contribution in [0, 0.1) is 6.92 Å². The molecule has 0 radical (unpaired) electrons. The Kier molecular flexibility index (Phi) is 3.53. The van der Waals surface area contributed by atoms with Crippen molar-refractivity contribution in [2.45, 2.75) is 17.0 Å². The largest absolute Gasteiger partial charge is 0.431 e. The van der Waals surface area contributed by atoms with E-state index in [4.69, 9.17) is 15.4 Å². The number of aryl methyl sites for hydroxylation is 1. The monoisotopic (exact) mass is 299 g/mol. The quantitative estimate of drug-likeness (QED) is 0.335. The van der Waals surface area contributed by atoms with Crippen molar-refractivity contribution in [3.63, 3.8) is 0 Å². The first kappa shape index (κ1) is 13.5. The maximum atomic E-state index is 8.73. The zero-order valence-corrected chi connectivity index (χ0v) is 12.1. The average molecular weight is 299 g/mol. The molecule has 0 amide bonds. The maximum Gasteiger partial charge on any atom is 0.261 e. The molecule has 0 bridgehead atoms. The van der Waals surface area contributed by atoms with Gasteiger partial charge in [0.25, 0.3) is 5.22 Å². The van der Waals surface area contributed by atoms with Gasteiger partial charge < -0.3 is 15.4 Å². The van der Waals surface area contributed by atoms with Gasteiger partial charge in [0, 0.05) is 10.5 Å². The SMILES string of the molecule is Cc1cc(Sc2nc3ccccc3o2)ccc1/C(N)=N/O. The smallest absolute Gasteiger partial charge is 0.261 e. The predicted octanol–water partition coefficient (Wildman–Crippen LogP) is 3.38. The molecular weight excluding hydrogens is 286 g/mol. The van der Waals surface area contributed by atoms with Crippen LogP contribution in [0.1, 0.15) is 11.1 Å². The Morgan fingerprint density at radius 1 is 1.29 bits per heavy atom. The fourth-order valence-corrected chi connectivity index (χ4v) is 2.89.